The zero-order valence-corrected chi connectivity index (χ0v) is 9.10. The van der Waals surface area contributed by atoms with Gasteiger partial charge in [0.25, 0.3) is 0 Å². The fourth-order valence-electron chi connectivity index (χ4n) is 0.902. The molecular formula is C8H16N2O2S. The Morgan fingerprint density at radius 3 is 2.31 bits per heavy atom. The number of thiocarbonyl (C=S) groups is 1. The Hall–Kier alpha value is -0.840. The van der Waals surface area contributed by atoms with Gasteiger partial charge in [0, 0.05) is 27.2 Å². The third-order valence-corrected chi connectivity index (χ3v) is 2.25. The maximum absolute atomic E-state index is 10.3. The molecule has 0 radical (unpaired) electrons. The van der Waals surface area contributed by atoms with Crippen LogP contribution in [-0.4, -0.2) is 53.2 Å². The summed E-state index contributed by atoms with van der Waals surface area (Å²) < 4.78 is 0. The molecule has 0 aliphatic heterocycles. The van der Waals surface area contributed by atoms with E-state index in [1.165, 1.54) is 0 Å². The van der Waals surface area contributed by atoms with Gasteiger partial charge < -0.3 is 14.9 Å². The summed E-state index contributed by atoms with van der Waals surface area (Å²) in [6, 6.07) is 0. The van der Waals surface area contributed by atoms with Crippen molar-refractivity contribution >= 4 is 23.3 Å². The van der Waals surface area contributed by atoms with Crippen molar-refractivity contribution in [2.75, 3.05) is 27.2 Å². The van der Waals surface area contributed by atoms with Gasteiger partial charge in [0.05, 0.1) is 6.42 Å². The zero-order valence-electron chi connectivity index (χ0n) is 8.28. The Balaban J connectivity index is 4.02. The summed E-state index contributed by atoms with van der Waals surface area (Å²) in [5, 5.41) is 9.18. The van der Waals surface area contributed by atoms with E-state index >= 15 is 0 Å². The van der Waals surface area contributed by atoms with Crippen LogP contribution in [0.3, 0.4) is 0 Å². The van der Waals surface area contributed by atoms with Gasteiger partial charge in [-0.1, -0.05) is 0 Å². The van der Waals surface area contributed by atoms with Crippen LogP contribution in [0.2, 0.25) is 0 Å². The first kappa shape index (κ1) is 12.2. The second kappa shape index (κ2) is 5.75. The molecule has 0 aromatic carbocycles. The number of carboxylic acids is 1. The quantitative estimate of drug-likeness (QED) is 0.680. The number of hydrogen-bond acceptors (Lipinski definition) is 2. The minimum absolute atomic E-state index is 0.127. The molecular weight excluding hydrogens is 188 g/mol. The standard InChI is InChI=1S/C8H16N2O2S/c1-4-10(6-5-7(11)12)8(13)9(2)3/h4-6H2,1-3H3,(H,11,12). The van der Waals surface area contributed by atoms with Gasteiger partial charge in [0.2, 0.25) is 0 Å². The monoisotopic (exact) mass is 204 g/mol. The van der Waals surface area contributed by atoms with Crippen LogP contribution in [0, 0.1) is 0 Å². The van der Waals surface area contributed by atoms with E-state index in [-0.39, 0.29) is 6.42 Å². The second-order valence-electron chi connectivity index (χ2n) is 2.90. The van der Waals surface area contributed by atoms with Gasteiger partial charge in [-0.2, -0.15) is 0 Å². The Kier molecular flexibility index (Phi) is 5.37. The molecule has 0 amide bonds. The van der Waals surface area contributed by atoms with E-state index in [2.05, 4.69) is 0 Å². The average molecular weight is 204 g/mol. The van der Waals surface area contributed by atoms with Crippen molar-refractivity contribution in [3.05, 3.63) is 0 Å². The first-order chi connectivity index (χ1) is 5.99. The first-order valence-corrected chi connectivity index (χ1v) is 4.57. The second-order valence-corrected chi connectivity index (χ2v) is 3.27. The van der Waals surface area contributed by atoms with Crippen LogP contribution >= 0.6 is 12.2 Å². The number of carbonyl (C=O) groups is 1. The molecule has 0 fully saturated rings. The van der Waals surface area contributed by atoms with Gasteiger partial charge in [0.15, 0.2) is 5.11 Å². The van der Waals surface area contributed by atoms with E-state index in [9.17, 15) is 4.79 Å². The normalized spacial score (nSPS) is 9.46. The van der Waals surface area contributed by atoms with Gasteiger partial charge in [-0.05, 0) is 19.1 Å². The molecule has 76 valence electrons. The van der Waals surface area contributed by atoms with Crippen molar-refractivity contribution in [3.8, 4) is 0 Å². The van der Waals surface area contributed by atoms with E-state index in [1.54, 1.807) is 4.90 Å². The molecule has 5 heteroatoms. The molecule has 0 aliphatic carbocycles. The van der Waals surface area contributed by atoms with E-state index in [1.807, 2.05) is 25.9 Å². The molecule has 0 unspecified atom stereocenters. The van der Waals surface area contributed by atoms with E-state index in [0.717, 1.165) is 6.54 Å². The lowest BCUT2D eigenvalue weighted by atomic mass is 10.4. The molecule has 4 nitrogen and oxygen atoms in total. The highest BCUT2D eigenvalue weighted by atomic mass is 32.1. The summed E-state index contributed by atoms with van der Waals surface area (Å²) in [5.74, 6) is -0.792. The molecule has 0 rings (SSSR count). The molecule has 1 N–H and O–H groups in total. The Bertz CT molecular complexity index is 195. The van der Waals surface area contributed by atoms with Crippen LogP contribution in [0.5, 0.6) is 0 Å². The van der Waals surface area contributed by atoms with Crippen LogP contribution < -0.4 is 0 Å². The Morgan fingerprint density at radius 1 is 1.46 bits per heavy atom. The maximum Gasteiger partial charge on any atom is 0.305 e. The number of aliphatic carboxylic acids is 1. The zero-order chi connectivity index (χ0) is 10.4. The van der Waals surface area contributed by atoms with Gasteiger partial charge in [-0.3, -0.25) is 4.79 Å². The topological polar surface area (TPSA) is 43.8 Å². The number of nitrogens with zero attached hydrogens (tertiary/aromatic N) is 2. The summed E-state index contributed by atoms with van der Waals surface area (Å²) in [7, 11) is 3.71. The molecule has 13 heavy (non-hydrogen) atoms. The van der Waals surface area contributed by atoms with Crippen molar-refractivity contribution in [1.29, 1.82) is 0 Å². The fourth-order valence-corrected chi connectivity index (χ4v) is 1.12. The molecule has 0 spiro atoms. The van der Waals surface area contributed by atoms with Crippen LogP contribution in [0.4, 0.5) is 0 Å². The predicted molar refractivity (Wildman–Crippen MR) is 55.8 cm³/mol. The summed E-state index contributed by atoms with van der Waals surface area (Å²) in [6.07, 6.45) is 0.127. The maximum atomic E-state index is 10.3. The Labute approximate surface area is 84.1 Å². The van der Waals surface area contributed by atoms with Crippen LogP contribution in [0.1, 0.15) is 13.3 Å². The molecule has 0 saturated heterocycles. The molecule has 0 bridgehead atoms. The van der Waals surface area contributed by atoms with Crippen molar-refractivity contribution in [2.45, 2.75) is 13.3 Å². The smallest absolute Gasteiger partial charge is 0.305 e. The Morgan fingerprint density at radius 2 is 2.00 bits per heavy atom. The van der Waals surface area contributed by atoms with Crippen LogP contribution in [0.15, 0.2) is 0 Å². The molecule has 0 aliphatic rings. The van der Waals surface area contributed by atoms with Crippen molar-refractivity contribution in [2.24, 2.45) is 0 Å². The lowest BCUT2D eigenvalue weighted by Crippen LogP contribution is -2.39. The third-order valence-electron chi connectivity index (χ3n) is 1.63. The minimum atomic E-state index is -0.792. The molecule has 0 aromatic rings. The molecule has 0 saturated carbocycles. The van der Waals surface area contributed by atoms with E-state index in [4.69, 9.17) is 17.3 Å². The highest BCUT2D eigenvalue weighted by Gasteiger charge is 2.10. The van der Waals surface area contributed by atoms with E-state index < -0.39 is 5.97 Å². The van der Waals surface area contributed by atoms with Crippen molar-refractivity contribution in [1.82, 2.24) is 9.80 Å². The van der Waals surface area contributed by atoms with Crippen LogP contribution in [0.25, 0.3) is 0 Å². The van der Waals surface area contributed by atoms with E-state index in [0.29, 0.717) is 11.7 Å². The molecule has 0 aromatic heterocycles. The lowest BCUT2D eigenvalue weighted by Gasteiger charge is -2.27. The number of hydrogen-bond donors (Lipinski definition) is 1. The summed E-state index contributed by atoms with van der Waals surface area (Å²) in [5.41, 5.74) is 0. The number of rotatable bonds is 4. The van der Waals surface area contributed by atoms with Crippen LogP contribution in [-0.2, 0) is 4.79 Å². The first-order valence-electron chi connectivity index (χ1n) is 4.17. The van der Waals surface area contributed by atoms with Crippen molar-refractivity contribution in [3.63, 3.8) is 0 Å². The van der Waals surface area contributed by atoms with Gasteiger partial charge in [-0.15, -0.1) is 0 Å². The molecule has 0 atom stereocenters. The third kappa shape index (κ3) is 4.67. The van der Waals surface area contributed by atoms with Crippen molar-refractivity contribution < 1.29 is 9.90 Å². The minimum Gasteiger partial charge on any atom is -0.481 e. The largest absolute Gasteiger partial charge is 0.481 e. The van der Waals surface area contributed by atoms with Gasteiger partial charge in [-0.25, -0.2) is 0 Å². The fraction of sp³-hybridized carbons (Fsp3) is 0.750. The lowest BCUT2D eigenvalue weighted by molar-refractivity contribution is -0.137. The summed E-state index contributed by atoms with van der Waals surface area (Å²) in [6.45, 7) is 3.17. The summed E-state index contributed by atoms with van der Waals surface area (Å²) in [4.78, 5) is 14.0. The van der Waals surface area contributed by atoms with Gasteiger partial charge >= 0.3 is 5.97 Å². The SMILES string of the molecule is CCN(CCC(=O)O)C(=S)N(C)C. The summed E-state index contributed by atoms with van der Waals surface area (Å²) >= 11 is 5.11. The highest BCUT2D eigenvalue weighted by molar-refractivity contribution is 7.80. The predicted octanol–water partition coefficient (Wildman–Crippen LogP) is 0.629. The van der Waals surface area contributed by atoms with Gasteiger partial charge in [0.1, 0.15) is 0 Å². The highest BCUT2D eigenvalue weighted by Crippen LogP contribution is 1.97. The average Bonchev–Trinajstić information content (AvgIpc) is 2.04. The molecule has 0 heterocycles. The number of carboxylic acid groups (broad SMARTS) is 1.